The molecule has 1 aromatic heterocycles. The van der Waals surface area contributed by atoms with Crippen LogP contribution in [0.3, 0.4) is 0 Å². The SMILES string of the molecule is CO[C@@H]1C[C@H](C(=O)Nc2cc([C@@](CCC3CC3)(N[S@+]([O-])C(C)(C)C)c3ccncc3)ccc2F)N(C(=O)OC(C)(C)C)C1. The van der Waals surface area contributed by atoms with Gasteiger partial charge in [-0.15, -0.1) is 4.72 Å². The monoisotopic (exact) mass is 616 g/mol. The van der Waals surface area contributed by atoms with Gasteiger partial charge in [0.05, 0.1) is 18.3 Å². The highest BCUT2D eigenvalue weighted by molar-refractivity contribution is 7.90. The number of nitrogens with zero attached hydrogens (tertiary/aromatic N) is 2. The quantitative estimate of drug-likeness (QED) is 0.331. The average molecular weight is 617 g/mol. The van der Waals surface area contributed by atoms with Gasteiger partial charge in [-0.1, -0.05) is 18.9 Å². The first-order chi connectivity index (χ1) is 20.1. The standard InChI is InChI=1S/C32H45FN4O5S/c1-30(2,3)42-29(39)37-20-24(41-7)19-27(37)28(38)35-26-18-23(10-11-25(26)33)32(15-12-21-8-9-21,22-13-16-34-17-14-22)36-43(40)31(4,5)6/h10-11,13-14,16-18,21,24,27,36H,8-9,12,15,19-20H2,1-7H3,(H,35,38)/t24-,27-,32+,43-/m1/s1. The van der Waals surface area contributed by atoms with Crippen LogP contribution in [0, 0.1) is 11.7 Å². The van der Waals surface area contributed by atoms with Gasteiger partial charge in [-0.05, 0) is 95.7 Å². The number of halogens is 1. The molecule has 9 nitrogen and oxygen atoms in total. The van der Waals surface area contributed by atoms with Gasteiger partial charge in [0.1, 0.15) is 27.7 Å². The molecule has 2 heterocycles. The number of amides is 2. The molecule has 4 atom stereocenters. The maximum atomic E-state index is 15.4. The van der Waals surface area contributed by atoms with Crippen molar-refractivity contribution in [2.75, 3.05) is 19.0 Å². The van der Waals surface area contributed by atoms with Crippen LogP contribution in [-0.4, -0.2) is 62.6 Å². The lowest BCUT2D eigenvalue weighted by Crippen LogP contribution is -2.52. The third-order valence-electron chi connectivity index (χ3n) is 7.86. The van der Waals surface area contributed by atoms with Crippen molar-refractivity contribution in [2.24, 2.45) is 5.92 Å². The summed E-state index contributed by atoms with van der Waals surface area (Å²) < 4.78 is 42.8. The van der Waals surface area contributed by atoms with Crippen molar-refractivity contribution in [1.82, 2.24) is 14.6 Å². The van der Waals surface area contributed by atoms with Crippen LogP contribution < -0.4 is 10.0 Å². The molecule has 0 unspecified atom stereocenters. The Kier molecular flexibility index (Phi) is 10.1. The van der Waals surface area contributed by atoms with Crippen molar-refractivity contribution in [3.63, 3.8) is 0 Å². The number of hydrogen-bond donors (Lipinski definition) is 2. The van der Waals surface area contributed by atoms with E-state index < -0.39 is 51.1 Å². The minimum absolute atomic E-state index is 0.0271. The first kappa shape index (κ1) is 33.2. The van der Waals surface area contributed by atoms with E-state index >= 15 is 4.39 Å². The largest absolute Gasteiger partial charge is 0.598 e. The number of carbonyl (C=O) groups is 2. The second kappa shape index (κ2) is 13.1. The zero-order chi connectivity index (χ0) is 31.6. The van der Waals surface area contributed by atoms with E-state index in [2.05, 4.69) is 15.0 Å². The maximum Gasteiger partial charge on any atom is 0.411 e. The van der Waals surface area contributed by atoms with E-state index in [9.17, 15) is 14.1 Å². The molecule has 2 amide bonds. The minimum atomic E-state index is -1.47. The summed E-state index contributed by atoms with van der Waals surface area (Å²) in [6, 6.07) is 7.45. The third kappa shape index (κ3) is 8.26. The Labute approximate surface area is 257 Å². The van der Waals surface area contributed by atoms with E-state index in [-0.39, 0.29) is 24.8 Å². The van der Waals surface area contributed by atoms with E-state index in [0.717, 1.165) is 24.8 Å². The van der Waals surface area contributed by atoms with Crippen molar-refractivity contribution in [3.05, 3.63) is 59.7 Å². The molecular weight excluding hydrogens is 571 g/mol. The number of ether oxygens (including phenoxy) is 2. The summed E-state index contributed by atoms with van der Waals surface area (Å²) in [5.41, 5.74) is -0.201. The number of methoxy groups -OCH3 is 1. The first-order valence-electron chi connectivity index (χ1n) is 14.9. The smallest absolute Gasteiger partial charge is 0.411 e. The Morgan fingerprint density at radius 1 is 1.09 bits per heavy atom. The fraction of sp³-hybridized carbons (Fsp3) is 0.594. The summed E-state index contributed by atoms with van der Waals surface area (Å²) in [4.78, 5) is 32.1. The molecular formula is C32H45FN4O5S. The predicted molar refractivity (Wildman–Crippen MR) is 165 cm³/mol. The van der Waals surface area contributed by atoms with Gasteiger partial charge in [0.25, 0.3) is 0 Å². The normalized spacial score (nSPS) is 21.3. The molecule has 2 N–H and O–H groups in total. The van der Waals surface area contributed by atoms with Gasteiger partial charge < -0.3 is 19.3 Å². The number of rotatable bonds is 10. The molecule has 0 bridgehead atoms. The summed E-state index contributed by atoms with van der Waals surface area (Å²) >= 11 is -1.47. The number of carbonyl (C=O) groups excluding carboxylic acids is 2. The molecule has 2 aliphatic rings. The van der Waals surface area contributed by atoms with Crippen LogP contribution in [0.5, 0.6) is 0 Å². The molecule has 0 radical (unpaired) electrons. The van der Waals surface area contributed by atoms with Crippen LogP contribution in [0.15, 0.2) is 42.7 Å². The fourth-order valence-corrected chi connectivity index (χ4v) is 6.20. The highest BCUT2D eigenvalue weighted by atomic mass is 32.2. The highest BCUT2D eigenvalue weighted by Crippen LogP contribution is 2.43. The molecule has 1 aliphatic carbocycles. The molecule has 236 valence electrons. The van der Waals surface area contributed by atoms with Crippen LogP contribution in [0.25, 0.3) is 0 Å². The second-order valence-electron chi connectivity index (χ2n) is 13.5. The number of pyridine rings is 1. The Balaban J connectivity index is 1.70. The van der Waals surface area contributed by atoms with Crippen molar-refractivity contribution in [3.8, 4) is 0 Å². The Hall–Kier alpha value is -2.73. The van der Waals surface area contributed by atoms with Crippen molar-refractivity contribution >= 4 is 29.0 Å². The van der Waals surface area contributed by atoms with E-state index in [0.29, 0.717) is 17.9 Å². The van der Waals surface area contributed by atoms with Gasteiger partial charge in [0.15, 0.2) is 0 Å². The number of hydrogen-bond acceptors (Lipinski definition) is 7. The first-order valence-corrected chi connectivity index (χ1v) is 16.0. The van der Waals surface area contributed by atoms with Crippen LogP contribution >= 0.6 is 0 Å². The van der Waals surface area contributed by atoms with Crippen molar-refractivity contribution in [2.45, 2.75) is 102 Å². The molecule has 1 aromatic carbocycles. The van der Waals surface area contributed by atoms with Gasteiger partial charge in [0.2, 0.25) is 5.91 Å². The van der Waals surface area contributed by atoms with Gasteiger partial charge in [-0.2, -0.15) is 0 Å². The topological polar surface area (TPSA) is 116 Å². The predicted octanol–water partition coefficient (Wildman–Crippen LogP) is 5.67. The number of aromatic nitrogens is 1. The Morgan fingerprint density at radius 2 is 1.77 bits per heavy atom. The van der Waals surface area contributed by atoms with Crippen LogP contribution in [0.1, 0.15) is 84.8 Å². The van der Waals surface area contributed by atoms with E-state index in [1.54, 1.807) is 45.3 Å². The van der Waals surface area contributed by atoms with Gasteiger partial charge >= 0.3 is 6.09 Å². The van der Waals surface area contributed by atoms with Crippen LogP contribution in [-0.2, 0) is 31.2 Å². The molecule has 0 spiro atoms. The molecule has 4 rings (SSSR count). The highest BCUT2D eigenvalue weighted by Gasteiger charge is 2.45. The summed E-state index contributed by atoms with van der Waals surface area (Å²) in [7, 11) is 1.52. The molecule has 2 fully saturated rings. The molecule has 43 heavy (non-hydrogen) atoms. The Bertz CT molecular complexity index is 1280. The lowest BCUT2D eigenvalue weighted by molar-refractivity contribution is -0.120. The van der Waals surface area contributed by atoms with Crippen LogP contribution in [0.4, 0.5) is 14.9 Å². The summed E-state index contributed by atoms with van der Waals surface area (Å²) in [6.07, 6.45) is 6.43. The van der Waals surface area contributed by atoms with Crippen molar-refractivity contribution in [1.29, 1.82) is 0 Å². The van der Waals surface area contributed by atoms with E-state index in [1.165, 1.54) is 18.1 Å². The zero-order valence-electron chi connectivity index (χ0n) is 26.2. The van der Waals surface area contributed by atoms with Gasteiger partial charge in [-0.3, -0.25) is 14.7 Å². The fourth-order valence-electron chi connectivity index (χ4n) is 5.24. The van der Waals surface area contributed by atoms with Gasteiger partial charge in [-0.25, -0.2) is 9.18 Å². The van der Waals surface area contributed by atoms with Gasteiger partial charge in [0, 0.05) is 37.3 Å². The van der Waals surface area contributed by atoms with Crippen LogP contribution in [0.2, 0.25) is 0 Å². The van der Waals surface area contributed by atoms with Crippen molar-refractivity contribution < 1.29 is 28.0 Å². The molecule has 1 saturated carbocycles. The Morgan fingerprint density at radius 3 is 2.35 bits per heavy atom. The number of nitrogens with one attached hydrogen (secondary N) is 2. The molecule has 2 aromatic rings. The third-order valence-corrected chi connectivity index (χ3v) is 9.51. The number of likely N-dealkylation sites (tertiary alicyclic amines) is 1. The van der Waals surface area contributed by atoms with E-state index in [1.807, 2.05) is 32.9 Å². The van der Waals surface area contributed by atoms with E-state index in [4.69, 9.17) is 9.47 Å². The average Bonchev–Trinajstić information content (AvgIpc) is 3.66. The summed E-state index contributed by atoms with van der Waals surface area (Å²) in [5, 5.41) is 2.73. The minimum Gasteiger partial charge on any atom is -0.598 e. The number of benzene rings is 1. The maximum absolute atomic E-state index is 15.4. The summed E-state index contributed by atoms with van der Waals surface area (Å²) in [6.45, 7) is 11.1. The summed E-state index contributed by atoms with van der Waals surface area (Å²) in [5.74, 6) is -0.578. The molecule has 11 heteroatoms. The molecule has 1 saturated heterocycles. The number of anilines is 1. The second-order valence-corrected chi connectivity index (χ2v) is 15.5. The lowest BCUT2D eigenvalue weighted by atomic mass is 9.79. The lowest BCUT2D eigenvalue weighted by Gasteiger charge is -2.39. The zero-order valence-corrected chi connectivity index (χ0v) is 27.1. The molecule has 1 aliphatic heterocycles.